The van der Waals surface area contributed by atoms with Crippen molar-refractivity contribution in [3.63, 3.8) is 0 Å². The zero-order valence-corrected chi connectivity index (χ0v) is 17.1. The highest BCUT2D eigenvalue weighted by molar-refractivity contribution is 9.10. The van der Waals surface area contributed by atoms with E-state index in [9.17, 15) is 9.59 Å². The summed E-state index contributed by atoms with van der Waals surface area (Å²) in [7, 11) is 1.48. The van der Waals surface area contributed by atoms with Crippen molar-refractivity contribution in [2.75, 3.05) is 13.7 Å². The molecule has 150 valence electrons. The predicted molar refractivity (Wildman–Crippen MR) is 106 cm³/mol. The number of amides is 2. The Hall–Kier alpha value is -3.47. The van der Waals surface area contributed by atoms with Crippen LogP contribution in [0.2, 0.25) is 0 Å². The Kier molecular flexibility index (Phi) is 6.39. The number of carbonyl (C=O) groups is 2. The van der Waals surface area contributed by atoms with E-state index in [4.69, 9.17) is 9.47 Å². The van der Waals surface area contributed by atoms with Crippen LogP contribution in [0.25, 0.3) is 5.69 Å². The lowest BCUT2D eigenvalue weighted by atomic mass is 10.2. The molecule has 2 N–H and O–H groups in total. The predicted octanol–water partition coefficient (Wildman–Crippen LogP) is 1.91. The molecular formula is C18H17BrN6O4. The third-order valence-electron chi connectivity index (χ3n) is 3.79. The first-order valence-corrected chi connectivity index (χ1v) is 9.27. The van der Waals surface area contributed by atoms with E-state index in [0.717, 1.165) is 0 Å². The number of nitrogens with one attached hydrogen (secondary N) is 2. The second-order valence-corrected chi connectivity index (χ2v) is 6.49. The standard InChI is InChI=1S/C18H17BrN6O4/c1-3-29-16-14(19)8-12(9-15(16)28-2)18(27)22-21-17(26)11-5-4-6-13(7-11)25-10-20-23-24-25/h4-10H,3H2,1-2H3,(H,21,26)(H,22,27). The zero-order valence-electron chi connectivity index (χ0n) is 15.5. The molecule has 3 aromatic rings. The van der Waals surface area contributed by atoms with Gasteiger partial charge in [0.2, 0.25) is 0 Å². The number of rotatable bonds is 6. The lowest BCUT2D eigenvalue weighted by Gasteiger charge is -2.13. The van der Waals surface area contributed by atoms with Gasteiger partial charge in [0.05, 0.1) is 23.9 Å². The lowest BCUT2D eigenvalue weighted by Crippen LogP contribution is -2.41. The maximum Gasteiger partial charge on any atom is 0.269 e. The van der Waals surface area contributed by atoms with E-state index in [1.807, 2.05) is 6.92 Å². The van der Waals surface area contributed by atoms with E-state index < -0.39 is 11.8 Å². The molecule has 0 saturated heterocycles. The van der Waals surface area contributed by atoms with Gasteiger partial charge in [-0.15, -0.1) is 5.10 Å². The van der Waals surface area contributed by atoms with Gasteiger partial charge in [0.15, 0.2) is 11.5 Å². The fourth-order valence-electron chi connectivity index (χ4n) is 2.46. The fraction of sp³-hybridized carbons (Fsp3) is 0.167. The van der Waals surface area contributed by atoms with Gasteiger partial charge >= 0.3 is 0 Å². The molecule has 1 aromatic heterocycles. The van der Waals surface area contributed by atoms with Crippen LogP contribution in [-0.4, -0.2) is 45.7 Å². The molecule has 29 heavy (non-hydrogen) atoms. The Bertz CT molecular complexity index is 1030. The van der Waals surface area contributed by atoms with Gasteiger partial charge in [-0.2, -0.15) is 0 Å². The number of halogens is 1. The number of carbonyl (C=O) groups excluding carboxylic acids is 2. The minimum Gasteiger partial charge on any atom is -0.493 e. The van der Waals surface area contributed by atoms with E-state index in [1.165, 1.54) is 24.2 Å². The summed E-state index contributed by atoms with van der Waals surface area (Å²) in [5.41, 5.74) is 5.96. The topological polar surface area (TPSA) is 120 Å². The molecule has 10 nitrogen and oxygen atoms in total. The molecule has 2 amide bonds. The summed E-state index contributed by atoms with van der Waals surface area (Å²) < 4.78 is 12.7. The minimum absolute atomic E-state index is 0.278. The number of ether oxygens (including phenoxy) is 2. The van der Waals surface area contributed by atoms with Crippen molar-refractivity contribution in [1.29, 1.82) is 0 Å². The van der Waals surface area contributed by atoms with Crippen LogP contribution in [0.15, 0.2) is 47.2 Å². The summed E-state index contributed by atoms with van der Waals surface area (Å²) in [5, 5.41) is 10.9. The van der Waals surface area contributed by atoms with Crippen LogP contribution in [0.3, 0.4) is 0 Å². The molecular weight excluding hydrogens is 444 g/mol. The van der Waals surface area contributed by atoms with Gasteiger partial charge in [-0.05, 0) is 63.6 Å². The highest BCUT2D eigenvalue weighted by Gasteiger charge is 2.16. The van der Waals surface area contributed by atoms with Crippen molar-refractivity contribution in [2.45, 2.75) is 6.92 Å². The Morgan fingerprint density at radius 3 is 2.55 bits per heavy atom. The van der Waals surface area contributed by atoms with Gasteiger partial charge in [0.25, 0.3) is 11.8 Å². The Balaban J connectivity index is 1.70. The van der Waals surface area contributed by atoms with Crippen LogP contribution < -0.4 is 20.3 Å². The van der Waals surface area contributed by atoms with Crippen molar-refractivity contribution < 1.29 is 19.1 Å². The van der Waals surface area contributed by atoms with Crippen LogP contribution in [0.1, 0.15) is 27.6 Å². The smallest absolute Gasteiger partial charge is 0.269 e. The normalized spacial score (nSPS) is 10.3. The quantitative estimate of drug-likeness (QED) is 0.538. The Morgan fingerprint density at radius 1 is 1.14 bits per heavy atom. The SMILES string of the molecule is CCOc1c(Br)cc(C(=O)NNC(=O)c2cccc(-n3cnnn3)c2)cc1OC. The van der Waals surface area contributed by atoms with Gasteiger partial charge in [0.1, 0.15) is 6.33 Å². The number of hydrogen-bond acceptors (Lipinski definition) is 7. The van der Waals surface area contributed by atoms with Crippen molar-refractivity contribution in [3.05, 3.63) is 58.3 Å². The summed E-state index contributed by atoms with van der Waals surface area (Å²) in [5.74, 6) is -0.121. The average Bonchev–Trinajstić information content (AvgIpc) is 3.28. The van der Waals surface area contributed by atoms with Crippen molar-refractivity contribution in [1.82, 2.24) is 31.1 Å². The van der Waals surface area contributed by atoms with Gasteiger partial charge < -0.3 is 9.47 Å². The van der Waals surface area contributed by atoms with Crippen molar-refractivity contribution >= 4 is 27.7 Å². The summed E-state index contributed by atoms with van der Waals surface area (Å²) in [6.07, 6.45) is 1.41. The molecule has 0 radical (unpaired) electrons. The Labute approximate surface area is 174 Å². The minimum atomic E-state index is -0.517. The summed E-state index contributed by atoms with van der Waals surface area (Å²) in [6.45, 7) is 2.29. The third-order valence-corrected chi connectivity index (χ3v) is 4.38. The third kappa shape index (κ3) is 4.69. The maximum absolute atomic E-state index is 12.4. The molecule has 0 unspecified atom stereocenters. The molecule has 0 atom stereocenters. The summed E-state index contributed by atoms with van der Waals surface area (Å²) in [6, 6.07) is 9.72. The number of nitrogens with zero attached hydrogens (tertiary/aromatic N) is 4. The molecule has 0 spiro atoms. The molecule has 0 saturated carbocycles. The molecule has 0 aliphatic carbocycles. The molecule has 0 bridgehead atoms. The van der Waals surface area contributed by atoms with Gasteiger partial charge in [-0.3, -0.25) is 20.4 Å². The van der Waals surface area contributed by atoms with E-state index >= 15 is 0 Å². The lowest BCUT2D eigenvalue weighted by molar-refractivity contribution is 0.0846. The molecule has 1 heterocycles. The van der Waals surface area contributed by atoms with Crippen molar-refractivity contribution in [2.24, 2.45) is 0 Å². The molecule has 0 aliphatic heterocycles. The maximum atomic E-state index is 12.4. The number of hydrogen-bond donors (Lipinski definition) is 2. The zero-order chi connectivity index (χ0) is 20.8. The number of hydrazine groups is 1. The van der Waals surface area contributed by atoms with E-state index in [0.29, 0.717) is 33.8 Å². The molecule has 11 heteroatoms. The monoisotopic (exact) mass is 460 g/mol. The number of aromatic nitrogens is 4. The van der Waals surface area contributed by atoms with Gasteiger partial charge in [-0.1, -0.05) is 6.07 Å². The second kappa shape index (κ2) is 9.15. The highest BCUT2D eigenvalue weighted by Crippen LogP contribution is 2.36. The molecule has 2 aromatic carbocycles. The molecule has 3 rings (SSSR count). The average molecular weight is 461 g/mol. The summed E-state index contributed by atoms with van der Waals surface area (Å²) >= 11 is 3.36. The van der Waals surface area contributed by atoms with Crippen LogP contribution in [0.5, 0.6) is 11.5 Å². The van der Waals surface area contributed by atoms with Crippen LogP contribution >= 0.6 is 15.9 Å². The van der Waals surface area contributed by atoms with E-state index in [-0.39, 0.29) is 5.56 Å². The first kappa shape index (κ1) is 20.3. The van der Waals surface area contributed by atoms with Crippen LogP contribution in [-0.2, 0) is 0 Å². The van der Waals surface area contributed by atoms with E-state index in [2.05, 4.69) is 42.3 Å². The van der Waals surface area contributed by atoms with Crippen LogP contribution in [0.4, 0.5) is 0 Å². The Morgan fingerprint density at radius 2 is 1.90 bits per heavy atom. The molecule has 0 aliphatic rings. The second-order valence-electron chi connectivity index (χ2n) is 5.64. The van der Waals surface area contributed by atoms with Crippen LogP contribution in [0, 0.1) is 0 Å². The van der Waals surface area contributed by atoms with E-state index in [1.54, 1.807) is 30.3 Å². The number of tetrazole rings is 1. The first-order chi connectivity index (χ1) is 14.0. The fourth-order valence-corrected chi connectivity index (χ4v) is 3.02. The first-order valence-electron chi connectivity index (χ1n) is 8.48. The highest BCUT2D eigenvalue weighted by atomic mass is 79.9. The largest absolute Gasteiger partial charge is 0.493 e. The summed E-state index contributed by atoms with van der Waals surface area (Å²) in [4.78, 5) is 24.8. The van der Waals surface area contributed by atoms with Gasteiger partial charge in [0, 0.05) is 11.1 Å². The number of methoxy groups -OCH3 is 1. The van der Waals surface area contributed by atoms with Gasteiger partial charge in [-0.25, -0.2) is 4.68 Å². The number of benzene rings is 2. The van der Waals surface area contributed by atoms with Crippen molar-refractivity contribution in [3.8, 4) is 17.2 Å². The molecule has 0 fully saturated rings.